The summed E-state index contributed by atoms with van der Waals surface area (Å²) in [6.45, 7) is 1.21. The molecule has 7 heteroatoms. The number of nitrogens with zero attached hydrogens (tertiary/aromatic N) is 3. The summed E-state index contributed by atoms with van der Waals surface area (Å²) in [7, 11) is 0. The van der Waals surface area contributed by atoms with Gasteiger partial charge in [0.05, 0.1) is 0 Å². The van der Waals surface area contributed by atoms with Gasteiger partial charge < -0.3 is 16.0 Å². The van der Waals surface area contributed by atoms with Crippen LogP contribution in [0.25, 0.3) is 0 Å². The van der Waals surface area contributed by atoms with Gasteiger partial charge in [-0.1, -0.05) is 18.9 Å². The number of carbonyl (C=O) groups excluding carboxylic acids is 1. The lowest BCUT2D eigenvalue weighted by Crippen LogP contribution is -2.30. The van der Waals surface area contributed by atoms with Crippen LogP contribution in [-0.2, 0) is 4.79 Å². The highest BCUT2D eigenvalue weighted by molar-refractivity contribution is 5.76. The van der Waals surface area contributed by atoms with Crippen LogP contribution in [0.2, 0.25) is 0 Å². The van der Waals surface area contributed by atoms with Gasteiger partial charge in [0.15, 0.2) is 5.82 Å². The predicted octanol–water partition coefficient (Wildman–Crippen LogP) is 2.72. The lowest BCUT2D eigenvalue weighted by molar-refractivity contribution is -0.121. The van der Waals surface area contributed by atoms with Crippen molar-refractivity contribution in [3.63, 3.8) is 0 Å². The van der Waals surface area contributed by atoms with E-state index in [1.807, 2.05) is 30.3 Å². The lowest BCUT2D eigenvalue weighted by atomic mass is 10.0. The first kappa shape index (κ1) is 17.1. The maximum Gasteiger partial charge on any atom is 0.220 e. The highest BCUT2D eigenvalue weighted by atomic mass is 16.1. The van der Waals surface area contributed by atoms with Gasteiger partial charge in [0.1, 0.15) is 11.6 Å². The predicted molar refractivity (Wildman–Crippen MR) is 97.6 cm³/mol. The fourth-order valence-electron chi connectivity index (χ4n) is 3.00. The third-order valence-electron chi connectivity index (χ3n) is 4.29. The third kappa shape index (κ3) is 5.70. The van der Waals surface area contributed by atoms with Crippen LogP contribution < -0.4 is 16.0 Å². The van der Waals surface area contributed by atoms with E-state index in [9.17, 15) is 4.79 Å². The number of hydrogen-bond acceptors (Lipinski definition) is 6. The van der Waals surface area contributed by atoms with Crippen molar-refractivity contribution in [3.8, 4) is 0 Å². The second-order valence-electron chi connectivity index (χ2n) is 6.28. The van der Waals surface area contributed by atoms with Gasteiger partial charge in [-0.3, -0.25) is 4.79 Å². The van der Waals surface area contributed by atoms with E-state index in [-0.39, 0.29) is 5.91 Å². The summed E-state index contributed by atoms with van der Waals surface area (Å²) in [4.78, 5) is 16.0. The number of pyridine rings is 1. The molecule has 2 aromatic heterocycles. The second kappa shape index (κ2) is 8.96. The molecule has 3 rings (SSSR count). The van der Waals surface area contributed by atoms with Crippen molar-refractivity contribution in [1.29, 1.82) is 0 Å². The van der Waals surface area contributed by atoms with E-state index in [1.165, 1.54) is 25.7 Å². The molecule has 0 bridgehead atoms. The monoisotopic (exact) mass is 340 g/mol. The highest BCUT2D eigenvalue weighted by Crippen LogP contribution is 2.27. The van der Waals surface area contributed by atoms with E-state index >= 15 is 0 Å². The van der Waals surface area contributed by atoms with Gasteiger partial charge in [0.2, 0.25) is 5.91 Å². The van der Waals surface area contributed by atoms with Crippen molar-refractivity contribution in [2.45, 2.75) is 32.1 Å². The zero-order valence-electron chi connectivity index (χ0n) is 14.2. The van der Waals surface area contributed by atoms with Gasteiger partial charge in [-0.2, -0.15) is 0 Å². The van der Waals surface area contributed by atoms with Crippen LogP contribution in [0.1, 0.15) is 32.1 Å². The lowest BCUT2D eigenvalue weighted by Gasteiger charge is -2.10. The Kier molecular flexibility index (Phi) is 6.14. The average Bonchev–Trinajstić information content (AvgIpc) is 3.14. The molecule has 3 N–H and O–H groups in total. The maximum absolute atomic E-state index is 11.8. The van der Waals surface area contributed by atoms with Gasteiger partial charge in [0.25, 0.3) is 0 Å². The summed E-state index contributed by atoms with van der Waals surface area (Å²) in [5, 5.41) is 17.4. The van der Waals surface area contributed by atoms with E-state index in [4.69, 9.17) is 0 Å². The van der Waals surface area contributed by atoms with Gasteiger partial charge in [-0.15, -0.1) is 10.2 Å². The minimum Gasteiger partial charge on any atom is -0.367 e. The summed E-state index contributed by atoms with van der Waals surface area (Å²) >= 11 is 0. The van der Waals surface area contributed by atoms with E-state index < -0.39 is 0 Å². The van der Waals surface area contributed by atoms with Crippen LogP contribution in [0.3, 0.4) is 0 Å². The van der Waals surface area contributed by atoms with Gasteiger partial charge in [-0.05, 0) is 43.0 Å². The Morgan fingerprint density at radius 2 is 1.80 bits per heavy atom. The van der Waals surface area contributed by atoms with Crippen molar-refractivity contribution in [1.82, 2.24) is 20.5 Å². The Labute approximate surface area is 147 Å². The van der Waals surface area contributed by atoms with Crippen LogP contribution in [0, 0.1) is 5.92 Å². The zero-order valence-corrected chi connectivity index (χ0v) is 14.2. The van der Waals surface area contributed by atoms with Crippen LogP contribution in [-0.4, -0.2) is 34.2 Å². The number of carbonyl (C=O) groups is 1. The molecule has 1 saturated carbocycles. The molecule has 0 saturated heterocycles. The first-order valence-corrected chi connectivity index (χ1v) is 8.82. The maximum atomic E-state index is 11.8. The molecular weight excluding hydrogens is 316 g/mol. The fourth-order valence-corrected chi connectivity index (χ4v) is 3.00. The smallest absolute Gasteiger partial charge is 0.220 e. The van der Waals surface area contributed by atoms with E-state index in [2.05, 4.69) is 31.1 Å². The Balaban J connectivity index is 1.35. The van der Waals surface area contributed by atoms with Crippen molar-refractivity contribution in [3.05, 3.63) is 36.5 Å². The molecule has 0 aliphatic heterocycles. The Bertz CT molecular complexity index is 655. The third-order valence-corrected chi connectivity index (χ3v) is 4.29. The fraction of sp³-hybridized carbons (Fsp3) is 0.444. The van der Waals surface area contributed by atoms with Gasteiger partial charge in [0, 0.05) is 25.7 Å². The minimum atomic E-state index is 0.148. The number of hydrogen-bond donors (Lipinski definition) is 3. The first-order chi connectivity index (χ1) is 12.3. The number of anilines is 3. The normalized spacial score (nSPS) is 14.2. The zero-order chi connectivity index (χ0) is 17.3. The molecule has 1 aliphatic carbocycles. The molecule has 7 nitrogen and oxygen atoms in total. The quantitative estimate of drug-likeness (QED) is 0.640. The molecule has 2 aromatic rings. The first-order valence-electron chi connectivity index (χ1n) is 8.82. The topological polar surface area (TPSA) is 91.8 Å². The molecule has 2 heterocycles. The van der Waals surface area contributed by atoms with E-state index in [0.717, 1.165) is 5.82 Å². The molecular formula is C18H24N6O. The molecule has 132 valence electrons. The standard InChI is InChI=1S/C18H24N6O/c25-18(13-14-5-1-2-6-14)21-12-11-20-16-8-9-17(24-23-16)22-15-7-3-4-10-19-15/h3-4,7-10,14H,1-2,5-6,11-13H2,(H,20,23)(H,21,25)(H,19,22,24). The summed E-state index contributed by atoms with van der Waals surface area (Å²) in [5.74, 6) is 2.76. The average molecular weight is 340 g/mol. The molecule has 0 spiro atoms. The molecule has 1 amide bonds. The van der Waals surface area contributed by atoms with Gasteiger partial charge in [-0.25, -0.2) is 4.98 Å². The number of nitrogens with one attached hydrogen (secondary N) is 3. The van der Waals surface area contributed by atoms with Crippen LogP contribution >= 0.6 is 0 Å². The van der Waals surface area contributed by atoms with Crippen molar-refractivity contribution in [2.24, 2.45) is 5.92 Å². The molecule has 0 aromatic carbocycles. The summed E-state index contributed by atoms with van der Waals surface area (Å²) in [5.41, 5.74) is 0. The largest absolute Gasteiger partial charge is 0.367 e. The summed E-state index contributed by atoms with van der Waals surface area (Å²) in [6.07, 6.45) is 7.30. The molecule has 1 fully saturated rings. The molecule has 0 atom stereocenters. The van der Waals surface area contributed by atoms with E-state index in [0.29, 0.717) is 37.1 Å². The Morgan fingerprint density at radius 1 is 1.00 bits per heavy atom. The Morgan fingerprint density at radius 3 is 2.52 bits per heavy atom. The Hall–Kier alpha value is -2.70. The van der Waals surface area contributed by atoms with E-state index in [1.54, 1.807) is 6.20 Å². The molecule has 1 aliphatic rings. The summed E-state index contributed by atoms with van der Waals surface area (Å²) < 4.78 is 0. The molecule has 25 heavy (non-hydrogen) atoms. The SMILES string of the molecule is O=C(CC1CCCC1)NCCNc1ccc(Nc2ccccn2)nn1. The van der Waals surface area contributed by atoms with Crippen LogP contribution in [0.15, 0.2) is 36.5 Å². The number of aromatic nitrogens is 3. The number of rotatable bonds is 8. The van der Waals surface area contributed by atoms with Crippen molar-refractivity contribution in [2.75, 3.05) is 23.7 Å². The minimum absolute atomic E-state index is 0.148. The van der Waals surface area contributed by atoms with Crippen molar-refractivity contribution < 1.29 is 4.79 Å². The van der Waals surface area contributed by atoms with Crippen LogP contribution in [0.4, 0.5) is 17.5 Å². The molecule has 0 radical (unpaired) electrons. The van der Waals surface area contributed by atoms with Crippen molar-refractivity contribution >= 4 is 23.4 Å². The highest BCUT2D eigenvalue weighted by Gasteiger charge is 2.17. The van der Waals surface area contributed by atoms with Crippen LogP contribution in [0.5, 0.6) is 0 Å². The van der Waals surface area contributed by atoms with Gasteiger partial charge >= 0.3 is 0 Å². The second-order valence-corrected chi connectivity index (χ2v) is 6.28. The molecule has 0 unspecified atom stereocenters. The number of amides is 1. The summed E-state index contributed by atoms with van der Waals surface area (Å²) in [6, 6.07) is 9.31.